The molecule has 0 unspecified atom stereocenters. The van der Waals surface area contributed by atoms with Gasteiger partial charge in [0, 0.05) is 49.3 Å². The van der Waals surface area contributed by atoms with Crippen molar-refractivity contribution in [3.05, 3.63) is 30.3 Å². The van der Waals surface area contributed by atoms with Crippen molar-refractivity contribution in [3.8, 4) is 5.75 Å². The van der Waals surface area contributed by atoms with Crippen molar-refractivity contribution in [2.75, 3.05) is 50.8 Å². The topological polar surface area (TPSA) is 49.9 Å². The molecule has 1 aliphatic heterocycles. The average molecular weight is 324 g/mol. The minimum absolute atomic E-state index is 0.0142. The number of hydrogen-bond donors (Lipinski definition) is 0. The van der Waals surface area contributed by atoms with Gasteiger partial charge in [0.15, 0.2) is 0 Å². The largest absolute Gasteiger partial charge is 0.492 e. The van der Waals surface area contributed by atoms with E-state index in [4.69, 9.17) is 4.74 Å². The Labute approximate surface area is 134 Å². The third kappa shape index (κ3) is 5.42. The summed E-state index contributed by atoms with van der Waals surface area (Å²) in [5.74, 6) is 1.61. The third-order valence-electron chi connectivity index (χ3n) is 3.75. The summed E-state index contributed by atoms with van der Waals surface area (Å²) in [6.07, 6.45) is 0. The summed E-state index contributed by atoms with van der Waals surface area (Å²) >= 11 is 0. The Kier molecular flexibility index (Phi) is 6.86. The summed E-state index contributed by atoms with van der Waals surface area (Å²) in [7, 11) is -1.02. The summed E-state index contributed by atoms with van der Waals surface area (Å²) in [4.78, 5) is 16.1. The lowest BCUT2D eigenvalue weighted by Gasteiger charge is -2.34. The van der Waals surface area contributed by atoms with E-state index in [1.165, 1.54) is 0 Å². The summed E-state index contributed by atoms with van der Waals surface area (Å²) in [6, 6.07) is 9.78. The van der Waals surface area contributed by atoms with Gasteiger partial charge in [0.05, 0.1) is 0 Å². The molecule has 0 aromatic heterocycles. The van der Waals surface area contributed by atoms with Crippen LogP contribution < -0.4 is 4.74 Å². The zero-order valence-electron chi connectivity index (χ0n) is 13.1. The second-order valence-corrected chi connectivity index (χ2v) is 7.00. The Balaban J connectivity index is 1.64. The molecule has 1 saturated heterocycles. The van der Waals surface area contributed by atoms with Crippen LogP contribution in [-0.2, 0) is 15.6 Å². The van der Waals surface area contributed by atoms with Gasteiger partial charge in [-0.25, -0.2) is 0 Å². The van der Waals surface area contributed by atoms with Gasteiger partial charge in [-0.05, 0) is 12.1 Å². The molecule has 1 amide bonds. The Hall–Kier alpha value is -1.40. The molecule has 0 bridgehead atoms. The number of piperazine rings is 1. The molecule has 5 nitrogen and oxygen atoms in total. The van der Waals surface area contributed by atoms with Crippen molar-refractivity contribution in [2.24, 2.45) is 0 Å². The number of nitrogens with zero attached hydrogens (tertiary/aromatic N) is 2. The van der Waals surface area contributed by atoms with Crippen LogP contribution in [-0.4, -0.2) is 70.8 Å². The first-order valence-corrected chi connectivity index (χ1v) is 9.21. The Morgan fingerprint density at radius 3 is 2.50 bits per heavy atom. The monoisotopic (exact) mass is 324 g/mol. The van der Waals surface area contributed by atoms with Crippen LogP contribution in [0.2, 0.25) is 0 Å². The molecular formula is C16H24N2O3S. The number of rotatable bonds is 7. The lowest BCUT2D eigenvalue weighted by Crippen LogP contribution is -2.50. The van der Waals surface area contributed by atoms with Crippen molar-refractivity contribution in [3.63, 3.8) is 0 Å². The van der Waals surface area contributed by atoms with E-state index in [0.717, 1.165) is 25.4 Å². The zero-order chi connectivity index (χ0) is 15.8. The number of carbonyl (C=O) groups excluding carboxylic acids is 1. The molecular weight excluding hydrogens is 300 g/mol. The zero-order valence-corrected chi connectivity index (χ0v) is 13.9. The van der Waals surface area contributed by atoms with E-state index in [1.54, 1.807) is 0 Å². The molecule has 6 heteroatoms. The summed E-state index contributed by atoms with van der Waals surface area (Å²) in [5, 5.41) is 0. The first-order chi connectivity index (χ1) is 10.7. The predicted octanol–water partition coefficient (Wildman–Crippen LogP) is 0.978. The summed E-state index contributed by atoms with van der Waals surface area (Å²) in [5.41, 5.74) is 0. The van der Waals surface area contributed by atoms with Gasteiger partial charge in [-0.1, -0.05) is 25.1 Å². The van der Waals surface area contributed by atoms with Gasteiger partial charge in [0.25, 0.3) is 0 Å². The molecule has 122 valence electrons. The number of carbonyl (C=O) groups is 1. The second-order valence-electron chi connectivity index (χ2n) is 5.26. The van der Waals surface area contributed by atoms with E-state index in [-0.39, 0.29) is 11.7 Å². The Bertz CT molecular complexity index is 487. The van der Waals surface area contributed by atoms with E-state index >= 15 is 0 Å². The molecule has 0 radical (unpaired) electrons. The summed E-state index contributed by atoms with van der Waals surface area (Å²) in [6.45, 7) is 6.48. The van der Waals surface area contributed by atoms with Crippen molar-refractivity contribution in [1.29, 1.82) is 0 Å². The van der Waals surface area contributed by atoms with E-state index in [0.29, 0.717) is 25.4 Å². The molecule has 1 atom stereocenters. The molecule has 1 aromatic carbocycles. The molecule has 1 heterocycles. The first kappa shape index (κ1) is 17.0. The average Bonchev–Trinajstić information content (AvgIpc) is 2.56. The first-order valence-electron chi connectivity index (χ1n) is 7.72. The van der Waals surface area contributed by atoms with Crippen LogP contribution in [0.15, 0.2) is 30.3 Å². The van der Waals surface area contributed by atoms with Gasteiger partial charge in [-0.2, -0.15) is 0 Å². The molecule has 0 saturated carbocycles. The summed E-state index contributed by atoms with van der Waals surface area (Å²) < 4.78 is 17.1. The fraction of sp³-hybridized carbons (Fsp3) is 0.562. The SMILES string of the molecule is CC[S@@](=O)CC(=O)N1CCN(CCOc2ccccc2)CC1. The highest BCUT2D eigenvalue weighted by molar-refractivity contribution is 7.85. The highest BCUT2D eigenvalue weighted by atomic mass is 32.2. The fourth-order valence-electron chi connectivity index (χ4n) is 2.36. The van der Waals surface area contributed by atoms with Crippen LogP contribution in [0, 0.1) is 0 Å². The van der Waals surface area contributed by atoms with Crippen LogP contribution in [0.25, 0.3) is 0 Å². The van der Waals surface area contributed by atoms with Gasteiger partial charge in [-0.3, -0.25) is 13.9 Å². The normalized spacial score (nSPS) is 17.2. The number of amides is 1. The van der Waals surface area contributed by atoms with Crippen molar-refractivity contribution in [1.82, 2.24) is 9.80 Å². The van der Waals surface area contributed by atoms with E-state index in [1.807, 2.05) is 42.2 Å². The molecule has 1 aliphatic rings. The number of benzene rings is 1. The van der Waals surface area contributed by atoms with Crippen LogP contribution in [0.4, 0.5) is 0 Å². The van der Waals surface area contributed by atoms with Gasteiger partial charge in [0.1, 0.15) is 18.1 Å². The third-order valence-corrected chi connectivity index (χ3v) is 4.96. The number of hydrogen-bond acceptors (Lipinski definition) is 4. The van der Waals surface area contributed by atoms with Gasteiger partial charge < -0.3 is 9.64 Å². The highest BCUT2D eigenvalue weighted by Gasteiger charge is 2.21. The smallest absolute Gasteiger partial charge is 0.235 e. The minimum atomic E-state index is -1.02. The number of ether oxygens (including phenoxy) is 1. The van der Waals surface area contributed by atoms with Gasteiger partial charge in [0.2, 0.25) is 5.91 Å². The molecule has 1 aromatic rings. The lowest BCUT2D eigenvalue weighted by molar-refractivity contribution is -0.130. The van der Waals surface area contributed by atoms with E-state index in [2.05, 4.69) is 4.90 Å². The van der Waals surface area contributed by atoms with Gasteiger partial charge >= 0.3 is 0 Å². The lowest BCUT2D eigenvalue weighted by atomic mass is 10.3. The predicted molar refractivity (Wildman–Crippen MR) is 88.5 cm³/mol. The molecule has 1 fully saturated rings. The van der Waals surface area contributed by atoms with Gasteiger partial charge in [-0.15, -0.1) is 0 Å². The van der Waals surface area contributed by atoms with E-state index < -0.39 is 10.8 Å². The van der Waals surface area contributed by atoms with Crippen LogP contribution >= 0.6 is 0 Å². The fourth-order valence-corrected chi connectivity index (χ4v) is 3.02. The maximum absolute atomic E-state index is 12.0. The maximum atomic E-state index is 12.0. The quantitative estimate of drug-likeness (QED) is 0.750. The Morgan fingerprint density at radius 1 is 1.18 bits per heavy atom. The van der Waals surface area contributed by atoms with Crippen LogP contribution in [0.5, 0.6) is 5.75 Å². The molecule has 0 spiro atoms. The van der Waals surface area contributed by atoms with E-state index in [9.17, 15) is 9.00 Å². The van der Waals surface area contributed by atoms with Crippen LogP contribution in [0.3, 0.4) is 0 Å². The molecule has 2 rings (SSSR count). The van der Waals surface area contributed by atoms with Crippen molar-refractivity contribution < 1.29 is 13.7 Å². The van der Waals surface area contributed by atoms with Crippen molar-refractivity contribution in [2.45, 2.75) is 6.92 Å². The minimum Gasteiger partial charge on any atom is -0.492 e. The Morgan fingerprint density at radius 2 is 1.86 bits per heavy atom. The molecule has 22 heavy (non-hydrogen) atoms. The maximum Gasteiger partial charge on any atom is 0.235 e. The standard InChI is InChI=1S/C16H24N2O3S/c1-2-22(20)14-16(19)18-10-8-17(9-11-18)12-13-21-15-6-4-3-5-7-15/h3-7H,2,8-14H2,1H3/t22-/m1/s1. The molecule has 0 N–H and O–H groups in total. The van der Waals surface area contributed by atoms with Crippen molar-refractivity contribution >= 4 is 16.7 Å². The van der Waals surface area contributed by atoms with Crippen LogP contribution in [0.1, 0.15) is 6.92 Å². The second kappa shape index (κ2) is 8.90. The molecule has 0 aliphatic carbocycles. The highest BCUT2D eigenvalue weighted by Crippen LogP contribution is 2.08. The number of para-hydroxylation sites is 1.